The minimum atomic E-state index is -0.234. The fraction of sp³-hybridized carbons (Fsp3) is 0.444. The van der Waals surface area contributed by atoms with Crippen molar-refractivity contribution in [2.24, 2.45) is 0 Å². The standard InChI is InChI=1S/C9H9Cl2N3/c1-9(2,3)6-8(11)13-5(4-12)7(10)14-6/h1-3H3. The molecule has 0 N–H and O–H groups in total. The highest BCUT2D eigenvalue weighted by Gasteiger charge is 2.22. The Bertz CT molecular complexity index is 402. The average molecular weight is 230 g/mol. The van der Waals surface area contributed by atoms with Crippen molar-refractivity contribution in [3.63, 3.8) is 0 Å². The van der Waals surface area contributed by atoms with Gasteiger partial charge in [-0.25, -0.2) is 9.97 Å². The van der Waals surface area contributed by atoms with Crippen LogP contribution in [0.25, 0.3) is 0 Å². The molecule has 0 aliphatic rings. The zero-order chi connectivity index (χ0) is 10.9. The van der Waals surface area contributed by atoms with Gasteiger partial charge in [-0.3, -0.25) is 0 Å². The molecule has 0 bridgehead atoms. The lowest BCUT2D eigenvalue weighted by Crippen LogP contribution is -2.15. The van der Waals surface area contributed by atoms with Crippen molar-refractivity contribution in [2.45, 2.75) is 26.2 Å². The lowest BCUT2D eigenvalue weighted by molar-refractivity contribution is 0.565. The van der Waals surface area contributed by atoms with Gasteiger partial charge in [-0.1, -0.05) is 44.0 Å². The van der Waals surface area contributed by atoms with E-state index in [1.54, 1.807) is 0 Å². The number of hydrogen-bond acceptors (Lipinski definition) is 3. The van der Waals surface area contributed by atoms with E-state index < -0.39 is 0 Å². The molecule has 0 aliphatic carbocycles. The molecule has 0 saturated heterocycles. The SMILES string of the molecule is CC(C)(C)c1nc(Cl)c(C#N)nc1Cl. The van der Waals surface area contributed by atoms with Gasteiger partial charge in [0.15, 0.2) is 16.0 Å². The summed E-state index contributed by atoms with van der Waals surface area (Å²) in [4.78, 5) is 7.93. The molecule has 0 spiro atoms. The van der Waals surface area contributed by atoms with Gasteiger partial charge in [0.25, 0.3) is 0 Å². The summed E-state index contributed by atoms with van der Waals surface area (Å²) < 4.78 is 0. The number of aromatic nitrogens is 2. The van der Waals surface area contributed by atoms with Gasteiger partial charge in [-0.2, -0.15) is 5.26 Å². The molecule has 5 heteroatoms. The minimum absolute atomic E-state index is 0.0599. The maximum absolute atomic E-state index is 8.64. The molecular weight excluding hydrogens is 221 g/mol. The summed E-state index contributed by atoms with van der Waals surface area (Å²) >= 11 is 11.6. The third kappa shape index (κ3) is 2.14. The van der Waals surface area contributed by atoms with Crippen LogP contribution in [0.2, 0.25) is 10.3 Å². The van der Waals surface area contributed by atoms with E-state index in [0.717, 1.165) is 0 Å². The molecule has 14 heavy (non-hydrogen) atoms. The van der Waals surface area contributed by atoms with Gasteiger partial charge in [0, 0.05) is 5.41 Å². The molecule has 1 aromatic heterocycles. The molecule has 0 radical (unpaired) electrons. The monoisotopic (exact) mass is 229 g/mol. The van der Waals surface area contributed by atoms with Crippen molar-refractivity contribution in [3.8, 4) is 6.07 Å². The Hall–Kier alpha value is -0.850. The van der Waals surface area contributed by atoms with Crippen LogP contribution >= 0.6 is 23.2 Å². The summed E-state index contributed by atoms with van der Waals surface area (Å²) in [6.45, 7) is 5.85. The molecule has 0 fully saturated rings. The van der Waals surface area contributed by atoms with Gasteiger partial charge in [-0.15, -0.1) is 0 Å². The first-order valence-electron chi connectivity index (χ1n) is 4.00. The predicted molar refractivity (Wildman–Crippen MR) is 55.5 cm³/mol. The van der Waals surface area contributed by atoms with Crippen molar-refractivity contribution < 1.29 is 0 Å². The van der Waals surface area contributed by atoms with E-state index in [1.165, 1.54) is 0 Å². The van der Waals surface area contributed by atoms with E-state index in [1.807, 2.05) is 26.8 Å². The molecule has 3 nitrogen and oxygen atoms in total. The molecular formula is C9H9Cl2N3. The van der Waals surface area contributed by atoms with E-state index in [0.29, 0.717) is 5.69 Å². The van der Waals surface area contributed by atoms with Crippen LogP contribution in [-0.2, 0) is 5.41 Å². The van der Waals surface area contributed by atoms with E-state index in [2.05, 4.69) is 9.97 Å². The normalized spacial score (nSPS) is 11.1. The molecule has 1 rings (SSSR count). The summed E-state index contributed by atoms with van der Waals surface area (Å²) in [6, 6.07) is 1.82. The first-order chi connectivity index (χ1) is 6.36. The van der Waals surface area contributed by atoms with Crippen molar-refractivity contribution in [1.29, 1.82) is 5.26 Å². The van der Waals surface area contributed by atoms with Crippen LogP contribution in [0.1, 0.15) is 32.2 Å². The Balaban J connectivity index is 3.38. The summed E-state index contributed by atoms with van der Waals surface area (Å²) in [5, 5.41) is 8.97. The zero-order valence-corrected chi connectivity index (χ0v) is 9.61. The zero-order valence-electron chi connectivity index (χ0n) is 8.10. The molecule has 0 aromatic carbocycles. The van der Waals surface area contributed by atoms with E-state index in [9.17, 15) is 0 Å². The summed E-state index contributed by atoms with van der Waals surface area (Å²) in [7, 11) is 0. The molecule has 0 unspecified atom stereocenters. The number of hydrogen-bond donors (Lipinski definition) is 0. The smallest absolute Gasteiger partial charge is 0.179 e. The topological polar surface area (TPSA) is 49.6 Å². The second-order valence-electron chi connectivity index (χ2n) is 3.86. The molecule has 0 atom stereocenters. The summed E-state index contributed by atoms with van der Waals surface area (Å²) in [6.07, 6.45) is 0. The van der Waals surface area contributed by atoms with Gasteiger partial charge in [0.05, 0.1) is 5.69 Å². The average Bonchev–Trinajstić information content (AvgIpc) is 2.06. The van der Waals surface area contributed by atoms with Gasteiger partial charge in [0.2, 0.25) is 0 Å². The van der Waals surface area contributed by atoms with E-state index in [-0.39, 0.29) is 21.4 Å². The highest BCUT2D eigenvalue weighted by atomic mass is 35.5. The second-order valence-corrected chi connectivity index (χ2v) is 4.58. The third-order valence-corrected chi connectivity index (χ3v) is 2.15. The molecule has 0 saturated carbocycles. The van der Waals surface area contributed by atoms with Crippen LogP contribution in [0.15, 0.2) is 0 Å². The largest absolute Gasteiger partial charge is 0.234 e. The number of nitrogens with zero attached hydrogens (tertiary/aromatic N) is 3. The summed E-state index contributed by atoms with van der Waals surface area (Å²) in [5.41, 5.74) is 0.426. The first kappa shape index (κ1) is 11.2. The van der Waals surface area contributed by atoms with Crippen molar-refractivity contribution in [2.75, 3.05) is 0 Å². The highest BCUT2D eigenvalue weighted by molar-refractivity contribution is 6.32. The van der Waals surface area contributed by atoms with Crippen LogP contribution in [0, 0.1) is 11.3 Å². The molecule has 1 aromatic rings. The number of halogens is 2. The lowest BCUT2D eigenvalue weighted by Gasteiger charge is -2.18. The maximum atomic E-state index is 8.64. The van der Waals surface area contributed by atoms with Crippen LogP contribution in [0.4, 0.5) is 0 Å². The van der Waals surface area contributed by atoms with Crippen LogP contribution in [0.5, 0.6) is 0 Å². The number of nitriles is 1. The second kappa shape index (κ2) is 3.72. The van der Waals surface area contributed by atoms with Crippen molar-refractivity contribution in [3.05, 3.63) is 21.7 Å². The van der Waals surface area contributed by atoms with Crippen LogP contribution in [-0.4, -0.2) is 9.97 Å². The van der Waals surface area contributed by atoms with Gasteiger partial charge in [0.1, 0.15) is 6.07 Å². The van der Waals surface area contributed by atoms with Gasteiger partial charge < -0.3 is 0 Å². The first-order valence-corrected chi connectivity index (χ1v) is 4.75. The maximum Gasteiger partial charge on any atom is 0.179 e. The molecule has 1 heterocycles. The Morgan fingerprint density at radius 1 is 1.14 bits per heavy atom. The lowest BCUT2D eigenvalue weighted by atomic mass is 9.92. The quantitative estimate of drug-likeness (QED) is 0.688. The van der Waals surface area contributed by atoms with Gasteiger partial charge in [-0.05, 0) is 0 Å². The fourth-order valence-electron chi connectivity index (χ4n) is 0.943. The Morgan fingerprint density at radius 3 is 2.14 bits per heavy atom. The molecule has 0 aliphatic heterocycles. The Kier molecular flexibility index (Phi) is 2.98. The Morgan fingerprint density at radius 2 is 1.71 bits per heavy atom. The highest BCUT2D eigenvalue weighted by Crippen LogP contribution is 2.28. The van der Waals surface area contributed by atoms with Crippen molar-refractivity contribution in [1.82, 2.24) is 9.97 Å². The minimum Gasteiger partial charge on any atom is -0.234 e. The van der Waals surface area contributed by atoms with Crippen LogP contribution in [0.3, 0.4) is 0 Å². The third-order valence-electron chi connectivity index (χ3n) is 1.63. The molecule has 74 valence electrons. The van der Waals surface area contributed by atoms with E-state index >= 15 is 0 Å². The fourth-order valence-corrected chi connectivity index (χ4v) is 1.52. The number of rotatable bonds is 0. The molecule has 0 amide bonds. The van der Waals surface area contributed by atoms with Crippen LogP contribution < -0.4 is 0 Å². The summed E-state index contributed by atoms with van der Waals surface area (Å²) in [5.74, 6) is 0. The van der Waals surface area contributed by atoms with Gasteiger partial charge >= 0.3 is 0 Å². The van der Waals surface area contributed by atoms with Crippen molar-refractivity contribution >= 4 is 23.2 Å². The predicted octanol–water partition coefficient (Wildman–Crippen LogP) is 2.95. The Labute approximate surface area is 92.7 Å². The van der Waals surface area contributed by atoms with E-state index in [4.69, 9.17) is 28.5 Å².